The molecular weight excluding hydrogens is 152 g/mol. The molecule has 12 heavy (non-hydrogen) atoms. The highest BCUT2D eigenvalue weighted by Crippen LogP contribution is 2.17. The zero-order valence-electron chi connectivity index (χ0n) is 8.14. The highest BCUT2D eigenvalue weighted by atomic mass is 16.4. The number of unbranched alkanes of at least 4 members (excludes halogenated alkanes) is 1. The van der Waals surface area contributed by atoms with Crippen molar-refractivity contribution in [2.45, 2.75) is 52.4 Å². The van der Waals surface area contributed by atoms with Gasteiger partial charge in [0.1, 0.15) is 0 Å². The Morgan fingerprint density at radius 1 is 1.33 bits per heavy atom. The van der Waals surface area contributed by atoms with Crippen molar-refractivity contribution in [3.05, 3.63) is 0 Å². The number of aliphatic carboxylic acids is 1. The predicted octanol–water partition coefficient (Wildman–Crippen LogP) is 1.73. The summed E-state index contributed by atoms with van der Waals surface area (Å²) in [5.74, 6) is -0.326. The van der Waals surface area contributed by atoms with Crippen molar-refractivity contribution in [3.8, 4) is 0 Å². The van der Waals surface area contributed by atoms with Crippen molar-refractivity contribution in [2.24, 2.45) is 5.92 Å². The van der Waals surface area contributed by atoms with Gasteiger partial charge >= 0.3 is 0 Å². The van der Waals surface area contributed by atoms with Gasteiger partial charge in [0, 0.05) is 5.97 Å². The van der Waals surface area contributed by atoms with Gasteiger partial charge in [0.05, 0.1) is 0 Å². The van der Waals surface area contributed by atoms with Crippen LogP contribution in [-0.4, -0.2) is 5.97 Å². The molecule has 0 radical (unpaired) electrons. The Balaban J connectivity index is 3.45. The molecule has 1 atom stereocenters. The summed E-state index contributed by atoms with van der Waals surface area (Å²) < 4.78 is 0. The summed E-state index contributed by atoms with van der Waals surface area (Å²) in [7, 11) is 0. The summed E-state index contributed by atoms with van der Waals surface area (Å²) in [6, 6.07) is 0. The van der Waals surface area contributed by atoms with Crippen LogP contribution in [0.5, 0.6) is 0 Å². The van der Waals surface area contributed by atoms with E-state index in [9.17, 15) is 9.90 Å². The lowest BCUT2D eigenvalue weighted by molar-refractivity contribution is -0.306. The van der Waals surface area contributed by atoms with Gasteiger partial charge < -0.3 is 9.90 Å². The molecule has 0 aromatic rings. The monoisotopic (exact) mass is 171 g/mol. The van der Waals surface area contributed by atoms with Gasteiger partial charge in [0.25, 0.3) is 0 Å². The van der Waals surface area contributed by atoms with Gasteiger partial charge in [-0.3, -0.25) is 0 Å². The molecule has 2 nitrogen and oxygen atoms in total. The first-order valence-electron chi connectivity index (χ1n) is 4.90. The zero-order chi connectivity index (χ0) is 9.40. The van der Waals surface area contributed by atoms with Crippen molar-refractivity contribution in [3.63, 3.8) is 0 Å². The average molecular weight is 171 g/mol. The molecule has 0 aromatic carbocycles. The lowest BCUT2D eigenvalue weighted by atomic mass is 9.94. The Morgan fingerprint density at radius 2 is 2.00 bits per heavy atom. The summed E-state index contributed by atoms with van der Waals surface area (Å²) in [6.07, 6.45) is 5.68. The molecule has 0 spiro atoms. The largest absolute Gasteiger partial charge is 0.550 e. The van der Waals surface area contributed by atoms with Crippen molar-refractivity contribution in [2.75, 3.05) is 0 Å². The molecule has 0 saturated heterocycles. The molecule has 0 unspecified atom stereocenters. The van der Waals surface area contributed by atoms with E-state index in [0.29, 0.717) is 5.92 Å². The van der Waals surface area contributed by atoms with Crippen LogP contribution in [-0.2, 0) is 4.79 Å². The number of rotatable bonds is 7. The first kappa shape index (κ1) is 11.5. The van der Waals surface area contributed by atoms with Crippen LogP contribution in [0.1, 0.15) is 52.4 Å². The molecule has 0 bridgehead atoms. The van der Waals surface area contributed by atoms with E-state index in [-0.39, 0.29) is 6.42 Å². The highest BCUT2D eigenvalue weighted by Gasteiger charge is 2.04. The fourth-order valence-electron chi connectivity index (χ4n) is 1.37. The molecule has 0 heterocycles. The maximum Gasteiger partial charge on any atom is 0.0414 e. The number of carbonyl (C=O) groups is 1. The van der Waals surface area contributed by atoms with Gasteiger partial charge in [-0.05, 0) is 18.8 Å². The first-order valence-corrected chi connectivity index (χ1v) is 4.90. The van der Waals surface area contributed by atoms with Gasteiger partial charge in [0.15, 0.2) is 0 Å². The molecule has 2 heteroatoms. The predicted molar refractivity (Wildman–Crippen MR) is 47.5 cm³/mol. The molecule has 0 aromatic heterocycles. The van der Waals surface area contributed by atoms with Crippen molar-refractivity contribution < 1.29 is 9.90 Å². The van der Waals surface area contributed by atoms with E-state index < -0.39 is 5.97 Å². The van der Waals surface area contributed by atoms with Gasteiger partial charge in [-0.15, -0.1) is 0 Å². The standard InChI is InChI=1S/C10H20O2/c1-3-5-6-9(4-2)7-8-10(11)12/h9H,3-8H2,1-2H3,(H,11,12)/p-1/t9-/m1/s1. The maximum atomic E-state index is 10.2. The summed E-state index contributed by atoms with van der Waals surface area (Å²) in [4.78, 5) is 10.2. The summed E-state index contributed by atoms with van der Waals surface area (Å²) in [5, 5.41) is 10.2. The normalized spacial score (nSPS) is 12.8. The van der Waals surface area contributed by atoms with Gasteiger partial charge in [-0.25, -0.2) is 0 Å². The van der Waals surface area contributed by atoms with Gasteiger partial charge in [0.2, 0.25) is 0 Å². The molecule has 0 amide bonds. The minimum atomic E-state index is -0.912. The Morgan fingerprint density at radius 3 is 2.42 bits per heavy atom. The Hall–Kier alpha value is -0.530. The smallest absolute Gasteiger partial charge is 0.0414 e. The van der Waals surface area contributed by atoms with Crippen LogP contribution in [0.2, 0.25) is 0 Å². The average Bonchev–Trinajstić information content (AvgIpc) is 2.05. The fourth-order valence-corrected chi connectivity index (χ4v) is 1.37. The molecular formula is C10H19O2-. The lowest BCUT2D eigenvalue weighted by Crippen LogP contribution is -2.22. The highest BCUT2D eigenvalue weighted by molar-refractivity contribution is 5.64. The minimum Gasteiger partial charge on any atom is -0.550 e. The van der Waals surface area contributed by atoms with Crippen LogP contribution in [0.4, 0.5) is 0 Å². The summed E-state index contributed by atoms with van der Waals surface area (Å²) >= 11 is 0. The van der Waals surface area contributed by atoms with Crippen LogP contribution in [0.15, 0.2) is 0 Å². The maximum absolute atomic E-state index is 10.2. The van der Waals surface area contributed by atoms with Crippen LogP contribution >= 0.6 is 0 Å². The number of carboxylic acids is 1. The van der Waals surface area contributed by atoms with Crippen molar-refractivity contribution in [1.29, 1.82) is 0 Å². The van der Waals surface area contributed by atoms with Crippen LogP contribution in [0, 0.1) is 5.92 Å². The van der Waals surface area contributed by atoms with E-state index in [0.717, 1.165) is 12.8 Å². The first-order chi connectivity index (χ1) is 5.70. The molecule has 0 saturated carbocycles. The second-order valence-electron chi connectivity index (χ2n) is 3.33. The lowest BCUT2D eigenvalue weighted by Gasteiger charge is -2.13. The van der Waals surface area contributed by atoms with Crippen molar-refractivity contribution >= 4 is 5.97 Å². The van der Waals surface area contributed by atoms with E-state index in [2.05, 4.69) is 13.8 Å². The Kier molecular flexibility index (Phi) is 6.82. The van der Waals surface area contributed by atoms with E-state index in [4.69, 9.17) is 0 Å². The third kappa shape index (κ3) is 6.20. The molecule has 0 rings (SSSR count). The van der Waals surface area contributed by atoms with Gasteiger partial charge in [-0.2, -0.15) is 0 Å². The van der Waals surface area contributed by atoms with Crippen LogP contribution in [0.3, 0.4) is 0 Å². The van der Waals surface area contributed by atoms with E-state index in [1.807, 2.05) is 0 Å². The summed E-state index contributed by atoms with van der Waals surface area (Å²) in [5.41, 5.74) is 0. The van der Waals surface area contributed by atoms with Crippen molar-refractivity contribution in [1.82, 2.24) is 0 Å². The van der Waals surface area contributed by atoms with E-state index in [1.165, 1.54) is 19.3 Å². The molecule has 0 aliphatic rings. The minimum absolute atomic E-state index is 0.224. The van der Waals surface area contributed by atoms with Crippen LogP contribution < -0.4 is 5.11 Å². The number of hydrogen-bond acceptors (Lipinski definition) is 2. The molecule has 0 N–H and O–H groups in total. The third-order valence-corrected chi connectivity index (χ3v) is 2.30. The fraction of sp³-hybridized carbons (Fsp3) is 0.900. The van der Waals surface area contributed by atoms with Gasteiger partial charge in [-0.1, -0.05) is 39.5 Å². The molecule has 0 fully saturated rings. The number of carbonyl (C=O) groups excluding carboxylic acids is 1. The topological polar surface area (TPSA) is 40.1 Å². The van der Waals surface area contributed by atoms with E-state index >= 15 is 0 Å². The number of hydrogen-bond donors (Lipinski definition) is 0. The SMILES string of the molecule is CCCC[C@@H](CC)CCC(=O)[O-]. The van der Waals surface area contributed by atoms with E-state index in [1.54, 1.807) is 0 Å². The third-order valence-electron chi connectivity index (χ3n) is 2.30. The Labute approximate surface area is 75.0 Å². The number of carboxylic acid groups (broad SMARTS) is 1. The summed E-state index contributed by atoms with van der Waals surface area (Å²) in [6.45, 7) is 4.28. The quantitative estimate of drug-likeness (QED) is 0.585. The second-order valence-corrected chi connectivity index (χ2v) is 3.33. The molecule has 0 aliphatic heterocycles. The Bertz CT molecular complexity index is 121. The second kappa shape index (κ2) is 7.14. The molecule has 0 aliphatic carbocycles. The molecule has 72 valence electrons. The van der Waals surface area contributed by atoms with Crippen LogP contribution in [0.25, 0.3) is 0 Å². The zero-order valence-corrected chi connectivity index (χ0v) is 8.14.